The van der Waals surface area contributed by atoms with Gasteiger partial charge in [-0.25, -0.2) is 12.8 Å². The summed E-state index contributed by atoms with van der Waals surface area (Å²) < 4.78 is 40.2. The van der Waals surface area contributed by atoms with Crippen molar-refractivity contribution in [1.29, 1.82) is 0 Å². The summed E-state index contributed by atoms with van der Waals surface area (Å²) in [5.74, 6) is -1.40. The molecule has 0 spiro atoms. The van der Waals surface area contributed by atoms with Crippen LogP contribution < -0.4 is 0 Å². The van der Waals surface area contributed by atoms with Gasteiger partial charge in [0.15, 0.2) is 9.84 Å². The average molecular weight is 319 g/mol. The maximum atomic E-state index is 12.8. The summed E-state index contributed by atoms with van der Waals surface area (Å²) in [5.41, 5.74) is 0.496. The molecular formula is C13H12ClFO4S. The Kier molecular flexibility index (Phi) is 4.45. The Balaban J connectivity index is 1.85. The van der Waals surface area contributed by atoms with Crippen molar-refractivity contribution < 1.29 is 22.3 Å². The van der Waals surface area contributed by atoms with Gasteiger partial charge in [0.1, 0.15) is 12.4 Å². The lowest BCUT2D eigenvalue weighted by atomic mass is 10.1. The fraction of sp³-hybridized carbons (Fsp3) is 0.308. The lowest BCUT2D eigenvalue weighted by Gasteiger charge is -2.08. The van der Waals surface area contributed by atoms with E-state index in [0.717, 1.165) is 11.5 Å². The van der Waals surface area contributed by atoms with Gasteiger partial charge in [0.2, 0.25) is 0 Å². The molecule has 4 nitrogen and oxygen atoms in total. The molecule has 20 heavy (non-hydrogen) atoms. The molecule has 1 aliphatic heterocycles. The summed E-state index contributed by atoms with van der Waals surface area (Å²) in [7, 11) is -3.17. The second-order valence-corrected chi connectivity index (χ2v) is 6.86. The summed E-state index contributed by atoms with van der Waals surface area (Å²) in [5, 5.41) is 1.29. The molecule has 0 bridgehead atoms. The summed E-state index contributed by atoms with van der Waals surface area (Å²) in [6.45, 7) is -0.0683. The minimum absolute atomic E-state index is 0.00541. The van der Waals surface area contributed by atoms with Crippen molar-refractivity contribution >= 4 is 27.4 Å². The van der Waals surface area contributed by atoms with E-state index >= 15 is 0 Å². The van der Waals surface area contributed by atoms with Gasteiger partial charge in [0.25, 0.3) is 0 Å². The van der Waals surface area contributed by atoms with Crippen LogP contribution in [0.3, 0.4) is 0 Å². The van der Waals surface area contributed by atoms with E-state index in [9.17, 15) is 17.6 Å². The first-order chi connectivity index (χ1) is 9.35. The van der Waals surface area contributed by atoms with Crippen molar-refractivity contribution in [2.75, 3.05) is 5.75 Å². The minimum atomic E-state index is -3.17. The van der Waals surface area contributed by atoms with Gasteiger partial charge in [-0.1, -0.05) is 23.7 Å². The fourth-order valence-electron chi connectivity index (χ4n) is 1.84. The zero-order chi connectivity index (χ0) is 14.8. The van der Waals surface area contributed by atoms with E-state index in [4.69, 9.17) is 16.3 Å². The second-order valence-electron chi connectivity index (χ2n) is 4.52. The van der Waals surface area contributed by atoms with E-state index in [0.29, 0.717) is 5.56 Å². The van der Waals surface area contributed by atoms with E-state index in [-0.39, 0.29) is 29.7 Å². The highest BCUT2D eigenvalue weighted by molar-refractivity contribution is 7.94. The van der Waals surface area contributed by atoms with E-state index in [1.807, 2.05) is 0 Å². The van der Waals surface area contributed by atoms with Crippen molar-refractivity contribution in [3.8, 4) is 0 Å². The van der Waals surface area contributed by atoms with Gasteiger partial charge in [-0.3, -0.25) is 4.79 Å². The van der Waals surface area contributed by atoms with Crippen molar-refractivity contribution in [3.05, 3.63) is 46.1 Å². The molecule has 7 heteroatoms. The molecule has 1 atom stereocenters. The zero-order valence-corrected chi connectivity index (χ0v) is 12.0. The third-order valence-electron chi connectivity index (χ3n) is 2.84. The van der Waals surface area contributed by atoms with Gasteiger partial charge < -0.3 is 4.74 Å². The zero-order valence-electron chi connectivity index (χ0n) is 10.4. The van der Waals surface area contributed by atoms with Crippen LogP contribution in [-0.2, 0) is 26.0 Å². The maximum Gasteiger partial charge on any atom is 0.306 e. The van der Waals surface area contributed by atoms with Crippen molar-refractivity contribution in [1.82, 2.24) is 0 Å². The highest BCUT2D eigenvalue weighted by atomic mass is 35.5. The van der Waals surface area contributed by atoms with Gasteiger partial charge >= 0.3 is 5.97 Å². The number of allylic oxidation sites excluding steroid dienone is 1. The molecule has 1 heterocycles. The Morgan fingerprint density at radius 1 is 1.45 bits per heavy atom. The van der Waals surface area contributed by atoms with Crippen LogP contribution in [0, 0.1) is 11.7 Å². The summed E-state index contributed by atoms with van der Waals surface area (Å²) >= 11 is 5.80. The van der Waals surface area contributed by atoms with Crippen LogP contribution in [0.1, 0.15) is 12.0 Å². The van der Waals surface area contributed by atoms with Crippen LogP contribution in [0.2, 0.25) is 5.02 Å². The van der Waals surface area contributed by atoms with Gasteiger partial charge in [0.05, 0.1) is 17.2 Å². The maximum absolute atomic E-state index is 12.8. The predicted molar refractivity (Wildman–Crippen MR) is 72.2 cm³/mol. The normalized spacial score (nSPS) is 20.0. The van der Waals surface area contributed by atoms with Crippen LogP contribution in [0.15, 0.2) is 29.7 Å². The molecule has 1 aromatic carbocycles. The Labute approximate surface area is 121 Å². The number of carbonyl (C=O) groups is 1. The van der Waals surface area contributed by atoms with Crippen molar-refractivity contribution in [2.24, 2.45) is 5.92 Å². The predicted octanol–water partition coefficient (Wildman–Crippen LogP) is 2.47. The standard InChI is InChI=1S/C13H12ClFO4S/c14-12-6-11(15)2-1-10(12)7-19-13(16)5-9-3-4-20(17,18)8-9/h1-4,6,9H,5,7-8H2/t9-/m0/s1. The highest BCUT2D eigenvalue weighted by Crippen LogP contribution is 2.21. The molecule has 0 aromatic heterocycles. The quantitative estimate of drug-likeness (QED) is 0.800. The van der Waals surface area contributed by atoms with Crippen LogP contribution in [0.4, 0.5) is 4.39 Å². The first-order valence-corrected chi connectivity index (χ1v) is 7.95. The number of hydrogen-bond acceptors (Lipinski definition) is 4. The van der Waals surface area contributed by atoms with Crippen LogP contribution in [0.25, 0.3) is 0 Å². The lowest BCUT2D eigenvalue weighted by molar-refractivity contribution is -0.145. The number of sulfone groups is 1. The third-order valence-corrected chi connectivity index (χ3v) is 4.65. The van der Waals surface area contributed by atoms with Crippen molar-refractivity contribution in [2.45, 2.75) is 13.0 Å². The van der Waals surface area contributed by atoms with Gasteiger partial charge in [-0.15, -0.1) is 0 Å². The molecule has 1 aromatic rings. The molecular weight excluding hydrogens is 307 g/mol. The minimum Gasteiger partial charge on any atom is -0.461 e. The molecule has 2 rings (SSSR count). The van der Waals surface area contributed by atoms with Crippen LogP contribution >= 0.6 is 11.6 Å². The number of halogens is 2. The monoisotopic (exact) mass is 318 g/mol. The van der Waals surface area contributed by atoms with Crippen molar-refractivity contribution in [3.63, 3.8) is 0 Å². The molecule has 0 amide bonds. The molecule has 0 saturated carbocycles. The van der Waals surface area contributed by atoms with Gasteiger partial charge in [-0.05, 0) is 12.1 Å². The van der Waals surface area contributed by atoms with E-state index in [2.05, 4.69) is 0 Å². The first kappa shape index (κ1) is 15.0. The van der Waals surface area contributed by atoms with Gasteiger partial charge in [0, 0.05) is 16.9 Å². The summed E-state index contributed by atoms with van der Waals surface area (Å²) in [4.78, 5) is 11.6. The molecule has 0 radical (unpaired) electrons. The number of ether oxygens (including phenoxy) is 1. The van der Waals surface area contributed by atoms with Crippen LogP contribution in [-0.4, -0.2) is 20.1 Å². The molecule has 0 aliphatic carbocycles. The third kappa shape index (κ3) is 4.05. The highest BCUT2D eigenvalue weighted by Gasteiger charge is 2.24. The second kappa shape index (κ2) is 5.93. The molecule has 0 fully saturated rings. The number of benzene rings is 1. The number of esters is 1. The van der Waals surface area contributed by atoms with Crippen LogP contribution in [0.5, 0.6) is 0 Å². The van der Waals surface area contributed by atoms with E-state index < -0.39 is 21.6 Å². The topological polar surface area (TPSA) is 60.4 Å². The fourth-order valence-corrected chi connectivity index (χ4v) is 3.46. The SMILES string of the molecule is O=C(C[C@@H]1C=CS(=O)(=O)C1)OCc1ccc(F)cc1Cl. The van der Waals surface area contributed by atoms with Gasteiger partial charge in [-0.2, -0.15) is 0 Å². The average Bonchev–Trinajstić information content (AvgIpc) is 2.67. The molecule has 0 unspecified atom stereocenters. The number of hydrogen-bond donors (Lipinski definition) is 0. The number of carbonyl (C=O) groups excluding carboxylic acids is 1. The van der Waals surface area contributed by atoms with E-state index in [1.165, 1.54) is 18.2 Å². The smallest absolute Gasteiger partial charge is 0.306 e. The molecule has 0 saturated heterocycles. The lowest BCUT2D eigenvalue weighted by Crippen LogP contribution is -2.13. The summed E-state index contributed by atoms with van der Waals surface area (Å²) in [6.07, 6.45) is 1.48. The first-order valence-electron chi connectivity index (χ1n) is 5.86. The molecule has 108 valence electrons. The Bertz CT molecular complexity index is 654. The Morgan fingerprint density at radius 2 is 2.20 bits per heavy atom. The number of rotatable bonds is 4. The largest absolute Gasteiger partial charge is 0.461 e. The Hall–Kier alpha value is -1.40. The van der Waals surface area contributed by atoms with E-state index in [1.54, 1.807) is 0 Å². The molecule has 0 N–H and O–H groups in total. The summed E-state index contributed by atoms with van der Waals surface area (Å²) in [6, 6.07) is 3.79. The Morgan fingerprint density at radius 3 is 2.80 bits per heavy atom. The molecule has 1 aliphatic rings.